The standard InChI is InChI=1S/C31H22N2O2/c1-20-16-18-23(19-17-20)28-29(32-26-14-6-10-21-8-2-4-12-24(21)26)31(35)33(30(28)34)27-15-7-11-22-9-3-5-13-25(22)27/h2-19,32H,1H3. The Bertz CT molecular complexity index is 1650. The molecule has 6 rings (SSSR count). The van der Waals surface area contributed by atoms with Gasteiger partial charge in [-0.15, -0.1) is 0 Å². The summed E-state index contributed by atoms with van der Waals surface area (Å²) in [7, 11) is 0. The van der Waals surface area contributed by atoms with Gasteiger partial charge >= 0.3 is 0 Å². The zero-order valence-electron chi connectivity index (χ0n) is 19.2. The first kappa shape index (κ1) is 20.9. The summed E-state index contributed by atoms with van der Waals surface area (Å²) in [6.45, 7) is 2.00. The van der Waals surface area contributed by atoms with Crippen LogP contribution in [0.25, 0.3) is 27.1 Å². The molecule has 168 valence electrons. The molecule has 0 atom stereocenters. The highest BCUT2D eigenvalue weighted by Crippen LogP contribution is 2.37. The molecular formula is C31H22N2O2. The van der Waals surface area contributed by atoms with E-state index in [4.69, 9.17) is 0 Å². The van der Waals surface area contributed by atoms with E-state index in [0.29, 0.717) is 16.8 Å². The van der Waals surface area contributed by atoms with Crippen molar-refractivity contribution >= 4 is 50.3 Å². The number of carbonyl (C=O) groups is 2. The van der Waals surface area contributed by atoms with Crippen LogP contribution in [0.1, 0.15) is 11.1 Å². The van der Waals surface area contributed by atoms with Crippen molar-refractivity contribution in [2.24, 2.45) is 0 Å². The van der Waals surface area contributed by atoms with Gasteiger partial charge in [0.2, 0.25) is 0 Å². The number of hydrogen-bond donors (Lipinski definition) is 1. The molecule has 4 heteroatoms. The van der Waals surface area contributed by atoms with Gasteiger partial charge in [-0.05, 0) is 35.4 Å². The highest BCUT2D eigenvalue weighted by atomic mass is 16.2. The Kier molecular flexibility index (Phi) is 4.93. The number of rotatable bonds is 4. The predicted octanol–water partition coefficient (Wildman–Crippen LogP) is 6.70. The number of imide groups is 1. The van der Waals surface area contributed by atoms with Crippen molar-refractivity contribution in [3.63, 3.8) is 0 Å². The van der Waals surface area contributed by atoms with Crippen LogP contribution in [0.3, 0.4) is 0 Å². The summed E-state index contributed by atoms with van der Waals surface area (Å²) in [6, 6.07) is 35.0. The van der Waals surface area contributed by atoms with E-state index in [1.807, 2.05) is 116 Å². The second kappa shape index (κ2) is 8.26. The number of aryl methyl sites for hydroxylation is 1. The van der Waals surface area contributed by atoms with E-state index in [0.717, 1.165) is 32.8 Å². The molecule has 2 amide bonds. The Morgan fingerprint density at radius 2 is 1.20 bits per heavy atom. The minimum atomic E-state index is -0.366. The van der Waals surface area contributed by atoms with E-state index in [1.165, 1.54) is 4.90 Å². The number of nitrogens with zero attached hydrogens (tertiary/aromatic N) is 1. The van der Waals surface area contributed by atoms with Crippen LogP contribution in [0.5, 0.6) is 0 Å². The number of carbonyl (C=O) groups excluding carboxylic acids is 2. The fourth-order valence-corrected chi connectivity index (χ4v) is 4.72. The lowest BCUT2D eigenvalue weighted by atomic mass is 10.0. The largest absolute Gasteiger partial charge is 0.350 e. The van der Waals surface area contributed by atoms with E-state index in [-0.39, 0.29) is 17.5 Å². The maximum Gasteiger partial charge on any atom is 0.282 e. The van der Waals surface area contributed by atoms with E-state index in [2.05, 4.69) is 5.32 Å². The van der Waals surface area contributed by atoms with Gasteiger partial charge in [-0.2, -0.15) is 0 Å². The predicted molar refractivity (Wildman–Crippen MR) is 142 cm³/mol. The monoisotopic (exact) mass is 454 g/mol. The SMILES string of the molecule is Cc1ccc(C2=C(Nc3cccc4ccccc34)C(=O)N(c3cccc4ccccc34)C2=O)cc1. The molecule has 0 radical (unpaired) electrons. The van der Waals surface area contributed by atoms with Crippen molar-refractivity contribution in [2.45, 2.75) is 6.92 Å². The molecule has 35 heavy (non-hydrogen) atoms. The molecule has 0 fully saturated rings. The van der Waals surface area contributed by atoms with Gasteiger partial charge in [0.25, 0.3) is 11.8 Å². The van der Waals surface area contributed by atoms with Gasteiger partial charge in [0.15, 0.2) is 0 Å². The average molecular weight is 455 g/mol. The molecule has 0 bridgehead atoms. The van der Waals surface area contributed by atoms with Crippen LogP contribution < -0.4 is 10.2 Å². The molecule has 1 heterocycles. The third-order valence-corrected chi connectivity index (χ3v) is 6.48. The minimum Gasteiger partial charge on any atom is -0.350 e. The lowest BCUT2D eigenvalue weighted by Crippen LogP contribution is -2.32. The zero-order valence-corrected chi connectivity index (χ0v) is 19.2. The van der Waals surface area contributed by atoms with E-state index in [9.17, 15) is 9.59 Å². The number of amides is 2. The van der Waals surface area contributed by atoms with Crippen LogP contribution in [0.15, 0.2) is 115 Å². The number of nitrogens with one attached hydrogen (secondary N) is 1. The van der Waals surface area contributed by atoms with Crippen LogP contribution in [-0.4, -0.2) is 11.8 Å². The molecule has 0 spiro atoms. The lowest BCUT2D eigenvalue weighted by molar-refractivity contribution is -0.120. The fraction of sp³-hybridized carbons (Fsp3) is 0.0323. The molecule has 0 aromatic heterocycles. The number of anilines is 2. The van der Waals surface area contributed by atoms with Crippen molar-refractivity contribution in [3.05, 3.63) is 126 Å². The number of hydrogen-bond acceptors (Lipinski definition) is 3. The Balaban J connectivity index is 1.53. The van der Waals surface area contributed by atoms with Crippen molar-refractivity contribution in [3.8, 4) is 0 Å². The highest BCUT2D eigenvalue weighted by molar-refractivity contribution is 6.47. The molecule has 1 aliphatic heterocycles. The molecule has 0 aliphatic carbocycles. The highest BCUT2D eigenvalue weighted by Gasteiger charge is 2.41. The van der Waals surface area contributed by atoms with Crippen molar-refractivity contribution < 1.29 is 9.59 Å². The Hall–Kier alpha value is -4.70. The van der Waals surface area contributed by atoms with E-state index in [1.54, 1.807) is 0 Å². The molecule has 0 saturated carbocycles. The molecule has 0 unspecified atom stereocenters. The Labute approximate surface area is 203 Å². The Morgan fingerprint density at radius 1 is 0.600 bits per heavy atom. The summed E-state index contributed by atoms with van der Waals surface area (Å²) in [4.78, 5) is 29.1. The first-order chi connectivity index (χ1) is 17.1. The van der Waals surface area contributed by atoms with E-state index < -0.39 is 0 Å². The van der Waals surface area contributed by atoms with Gasteiger partial charge in [-0.3, -0.25) is 9.59 Å². The topological polar surface area (TPSA) is 49.4 Å². The quantitative estimate of drug-likeness (QED) is 0.308. The normalized spacial score (nSPS) is 13.8. The second-order valence-electron chi connectivity index (χ2n) is 8.71. The minimum absolute atomic E-state index is 0.281. The van der Waals surface area contributed by atoms with Gasteiger partial charge in [-0.25, -0.2) is 4.90 Å². The van der Waals surface area contributed by atoms with Crippen LogP contribution in [-0.2, 0) is 9.59 Å². The summed E-state index contributed by atoms with van der Waals surface area (Å²) in [5, 5.41) is 7.20. The number of benzene rings is 5. The first-order valence-electron chi connectivity index (χ1n) is 11.5. The van der Waals surface area contributed by atoms with Crippen LogP contribution in [0.4, 0.5) is 11.4 Å². The van der Waals surface area contributed by atoms with Crippen LogP contribution in [0.2, 0.25) is 0 Å². The van der Waals surface area contributed by atoms with Crippen molar-refractivity contribution in [1.29, 1.82) is 0 Å². The van der Waals surface area contributed by atoms with Gasteiger partial charge in [0.1, 0.15) is 5.70 Å². The molecule has 4 nitrogen and oxygen atoms in total. The van der Waals surface area contributed by atoms with Crippen LogP contribution >= 0.6 is 0 Å². The molecule has 1 aliphatic rings. The van der Waals surface area contributed by atoms with Gasteiger partial charge in [-0.1, -0.05) is 103 Å². The molecule has 5 aromatic rings. The van der Waals surface area contributed by atoms with Gasteiger partial charge in [0, 0.05) is 16.5 Å². The Morgan fingerprint density at radius 3 is 1.94 bits per heavy atom. The molecule has 5 aromatic carbocycles. The molecule has 1 N–H and O–H groups in total. The summed E-state index contributed by atoms with van der Waals surface area (Å²) >= 11 is 0. The van der Waals surface area contributed by atoms with Crippen molar-refractivity contribution in [2.75, 3.05) is 10.2 Å². The fourth-order valence-electron chi connectivity index (χ4n) is 4.72. The summed E-state index contributed by atoms with van der Waals surface area (Å²) in [5.74, 6) is -0.701. The average Bonchev–Trinajstić information content (AvgIpc) is 3.13. The second-order valence-corrected chi connectivity index (χ2v) is 8.71. The zero-order chi connectivity index (χ0) is 23.9. The third-order valence-electron chi connectivity index (χ3n) is 6.48. The van der Waals surface area contributed by atoms with Crippen LogP contribution in [0, 0.1) is 6.92 Å². The van der Waals surface area contributed by atoms with Crippen molar-refractivity contribution in [1.82, 2.24) is 0 Å². The maximum atomic E-state index is 13.9. The number of fused-ring (bicyclic) bond motifs is 2. The van der Waals surface area contributed by atoms with Gasteiger partial charge < -0.3 is 5.32 Å². The maximum absolute atomic E-state index is 13.9. The first-order valence-corrected chi connectivity index (χ1v) is 11.5. The summed E-state index contributed by atoms with van der Waals surface area (Å²) in [6.07, 6.45) is 0. The smallest absolute Gasteiger partial charge is 0.282 e. The molecule has 0 saturated heterocycles. The van der Waals surface area contributed by atoms with Gasteiger partial charge in [0.05, 0.1) is 11.3 Å². The molecular weight excluding hydrogens is 432 g/mol. The lowest BCUT2D eigenvalue weighted by Gasteiger charge is -2.18. The van der Waals surface area contributed by atoms with E-state index >= 15 is 0 Å². The summed E-state index contributed by atoms with van der Waals surface area (Å²) in [5.41, 5.74) is 3.81. The summed E-state index contributed by atoms with van der Waals surface area (Å²) < 4.78 is 0. The third kappa shape index (κ3) is 3.47.